The maximum atomic E-state index is 13.7. The Labute approximate surface area is 189 Å². The summed E-state index contributed by atoms with van der Waals surface area (Å²) in [4.78, 5) is 13.6. The Morgan fingerprint density at radius 2 is 2.13 bits per heavy atom. The number of hydrogen-bond donors (Lipinski definition) is 1. The summed E-state index contributed by atoms with van der Waals surface area (Å²) in [5.41, 5.74) is 1.21. The molecule has 8 heteroatoms. The average molecular weight is 448 g/mol. The second-order valence-electron chi connectivity index (χ2n) is 7.93. The molecule has 6 nitrogen and oxygen atoms in total. The normalized spacial score (nSPS) is 15.8. The van der Waals surface area contributed by atoms with Gasteiger partial charge in [0.2, 0.25) is 0 Å². The first-order chi connectivity index (χ1) is 15.1. The van der Waals surface area contributed by atoms with Crippen LogP contribution in [0.25, 0.3) is 0 Å². The maximum absolute atomic E-state index is 13.7. The van der Waals surface area contributed by atoms with Crippen molar-refractivity contribution in [1.82, 2.24) is 20.1 Å². The van der Waals surface area contributed by atoms with Crippen LogP contribution in [0.2, 0.25) is 0 Å². The van der Waals surface area contributed by atoms with Gasteiger partial charge in [0.15, 0.2) is 17.5 Å². The molecule has 0 atom stereocenters. The first-order valence-corrected chi connectivity index (χ1v) is 11.9. The van der Waals surface area contributed by atoms with Crippen LogP contribution in [-0.4, -0.2) is 67.6 Å². The Kier molecular flexibility index (Phi) is 9.09. The summed E-state index contributed by atoms with van der Waals surface area (Å²) in [6.07, 6.45) is 3.37. The summed E-state index contributed by atoms with van der Waals surface area (Å²) in [6, 6.07) is 6.48. The van der Waals surface area contributed by atoms with Crippen molar-refractivity contribution in [3.8, 4) is 5.75 Å². The van der Waals surface area contributed by atoms with Crippen molar-refractivity contribution in [2.24, 2.45) is 10.9 Å². The van der Waals surface area contributed by atoms with Gasteiger partial charge in [0.05, 0.1) is 17.2 Å². The fraction of sp³-hybridized carbons (Fsp3) is 0.565. The number of likely N-dealkylation sites (tertiary alicyclic amines) is 1. The van der Waals surface area contributed by atoms with Crippen LogP contribution in [0.1, 0.15) is 30.5 Å². The number of guanidine groups is 1. The zero-order valence-corrected chi connectivity index (χ0v) is 19.6. The van der Waals surface area contributed by atoms with Crippen LogP contribution >= 0.6 is 11.3 Å². The molecule has 0 radical (unpaired) electrons. The van der Waals surface area contributed by atoms with Crippen LogP contribution in [-0.2, 0) is 13.0 Å². The highest BCUT2D eigenvalue weighted by molar-refractivity contribution is 7.09. The molecule has 1 aromatic carbocycles. The third kappa shape index (κ3) is 7.18. The summed E-state index contributed by atoms with van der Waals surface area (Å²) in [6.45, 7) is 7.26. The summed E-state index contributed by atoms with van der Waals surface area (Å²) in [5.74, 6) is 1.43. The topological polar surface area (TPSA) is 53.0 Å². The zero-order chi connectivity index (χ0) is 22.1. The number of hydrogen-bond acceptors (Lipinski definition) is 5. The Bertz CT molecular complexity index is 835. The van der Waals surface area contributed by atoms with Crippen LogP contribution in [0, 0.1) is 11.7 Å². The van der Waals surface area contributed by atoms with Gasteiger partial charge in [-0.2, -0.15) is 0 Å². The molecular formula is C23H34FN5OS. The Morgan fingerprint density at radius 1 is 1.35 bits per heavy atom. The molecule has 0 bridgehead atoms. The van der Waals surface area contributed by atoms with Crippen molar-refractivity contribution in [2.45, 2.75) is 32.7 Å². The van der Waals surface area contributed by atoms with Gasteiger partial charge in [-0.05, 0) is 50.4 Å². The number of piperidine rings is 1. The lowest BCUT2D eigenvalue weighted by molar-refractivity contribution is 0.176. The predicted octanol–water partition coefficient (Wildman–Crippen LogP) is 3.64. The van der Waals surface area contributed by atoms with Crippen LogP contribution in [0.4, 0.5) is 4.39 Å². The third-order valence-electron chi connectivity index (χ3n) is 5.64. The van der Waals surface area contributed by atoms with E-state index in [0.29, 0.717) is 19.1 Å². The second-order valence-corrected chi connectivity index (χ2v) is 8.88. The van der Waals surface area contributed by atoms with Gasteiger partial charge in [-0.15, -0.1) is 11.3 Å². The van der Waals surface area contributed by atoms with Gasteiger partial charge >= 0.3 is 0 Å². The Morgan fingerprint density at radius 3 is 2.81 bits per heavy atom. The summed E-state index contributed by atoms with van der Waals surface area (Å²) in [5, 5.41) is 6.91. The molecule has 0 amide bonds. The fourth-order valence-corrected chi connectivity index (χ4v) is 4.48. The summed E-state index contributed by atoms with van der Waals surface area (Å²) in [7, 11) is 3.76. The molecule has 1 fully saturated rings. The van der Waals surface area contributed by atoms with Gasteiger partial charge < -0.3 is 15.0 Å². The first-order valence-electron chi connectivity index (χ1n) is 11.0. The third-order valence-corrected chi connectivity index (χ3v) is 6.68. The van der Waals surface area contributed by atoms with Crippen molar-refractivity contribution < 1.29 is 9.13 Å². The first kappa shape index (κ1) is 23.5. The lowest BCUT2D eigenvalue weighted by Crippen LogP contribution is -2.44. The predicted molar refractivity (Wildman–Crippen MR) is 125 cm³/mol. The van der Waals surface area contributed by atoms with Crippen molar-refractivity contribution in [3.05, 3.63) is 46.2 Å². The Hall–Kier alpha value is -2.19. The molecule has 0 saturated carbocycles. The second kappa shape index (κ2) is 12.0. The highest BCUT2D eigenvalue weighted by Crippen LogP contribution is 2.20. The van der Waals surface area contributed by atoms with Crippen LogP contribution in [0.3, 0.4) is 0 Å². The molecule has 1 saturated heterocycles. The number of rotatable bonds is 9. The van der Waals surface area contributed by atoms with Gasteiger partial charge in [0.1, 0.15) is 6.61 Å². The molecule has 31 heavy (non-hydrogen) atoms. The summed E-state index contributed by atoms with van der Waals surface area (Å²) < 4.78 is 19.2. The van der Waals surface area contributed by atoms with E-state index in [4.69, 9.17) is 9.72 Å². The smallest absolute Gasteiger partial charge is 0.193 e. The number of aliphatic imine (C=N–C) groups is 1. The molecule has 1 aliphatic heterocycles. The number of nitrogens with zero attached hydrogens (tertiary/aromatic N) is 4. The number of para-hydroxylation sites is 1. The van der Waals surface area contributed by atoms with E-state index in [2.05, 4.69) is 27.5 Å². The Balaban J connectivity index is 1.35. The minimum Gasteiger partial charge on any atom is -0.489 e. The molecule has 1 N–H and O–H groups in total. The van der Waals surface area contributed by atoms with E-state index >= 15 is 0 Å². The number of halogens is 1. The van der Waals surface area contributed by atoms with E-state index in [9.17, 15) is 4.39 Å². The fourth-order valence-electron chi connectivity index (χ4n) is 3.74. The van der Waals surface area contributed by atoms with Crippen molar-refractivity contribution >= 4 is 17.3 Å². The zero-order valence-electron chi connectivity index (χ0n) is 18.8. The lowest BCUT2D eigenvalue weighted by atomic mass is 9.97. The van der Waals surface area contributed by atoms with Gasteiger partial charge in [-0.25, -0.2) is 9.37 Å². The van der Waals surface area contributed by atoms with E-state index in [0.717, 1.165) is 38.6 Å². The average Bonchev–Trinajstić information content (AvgIpc) is 3.24. The number of aryl methyl sites for hydroxylation is 1. The monoisotopic (exact) mass is 447 g/mol. The largest absolute Gasteiger partial charge is 0.489 e. The minimum atomic E-state index is -0.334. The molecule has 1 aromatic heterocycles. The standard InChI is InChI=1S/C23H34FN5OS/c1-4-22-27-19(17-31-22)16-29-11-9-18(10-12-29)15-26-23(25-2)28(3)13-14-30-21-8-6-5-7-20(21)24/h5-8,17-18H,4,9-16H2,1-3H3,(H,25,26). The van der Waals surface area contributed by atoms with Crippen LogP contribution in [0.15, 0.2) is 34.6 Å². The molecule has 0 aliphatic carbocycles. The number of nitrogens with one attached hydrogen (secondary N) is 1. The summed E-state index contributed by atoms with van der Waals surface area (Å²) >= 11 is 1.77. The van der Waals surface area contributed by atoms with Gasteiger partial charge in [0, 0.05) is 32.6 Å². The molecule has 3 rings (SSSR count). The van der Waals surface area contributed by atoms with E-state index in [-0.39, 0.29) is 11.6 Å². The number of likely N-dealkylation sites (N-methyl/N-ethyl adjacent to an activating group) is 1. The molecule has 170 valence electrons. The van der Waals surface area contributed by atoms with Crippen molar-refractivity contribution in [3.63, 3.8) is 0 Å². The molecule has 0 spiro atoms. The lowest BCUT2D eigenvalue weighted by Gasteiger charge is -2.32. The minimum absolute atomic E-state index is 0.286. The van der Waals surface area contributed by atoms with Crippen LogP contribution in [0.5, 0.6) is 5.75 Å². The van der Waals surface area contributed by atoms with Gasteiger partial charge in [-0.1, -0.05) is 19.1 Å². The number of aromatic nitrogens is 1. The quantitative estimate of drug-likeness (QED) is 0.470. The molecule has 0 unspecified atom stereocenters. The number of ether oxygens (including phenoxy) is 1. The number of thiazole rings is 1. The van der Waals surface area contributed by atoms with Crippen LogP contribution < -0.4 is 10.1 Å². The molecule has 1 aliphatic rings. The van der Waals surface area contributed by atoms with E-state index in [1.807, 2.05) is 11.9 Å². The van der Waals surface area contributed by atoms with E-state index in [1.54, 1.807) is 36.6 Å². The number of benzene rings is 1. The highest BCUT2D eigenvalue weighted by atomic mass is 32.1. The molecular weight excluding hydrogens is 413 g/mol. The maximum Gasteiger partial charge on any atom is 0.193 e. The SMILES string of the molecule is CCc1nc(CN2CCC(CNC(=NC)N(C)CCOc3ccccc3F)CC2)cs1. The highest BCUT2D eigenvalue weighted by Gasteiger charge is 2.20. The van der Waals surface area contributed by atoms with E-state index in [1.165, 1.54) is 29.6 Å². The van der Waals surface area contributed by atoms with Gasteiger partial charge in [-0.3, -0.25) is 9.89 Å². The van der Waals surface area contributed by atoms with Crippen molar-refractivity contribution in [2.75, 3.05) is 46.9 Å². The van der Waals surface area contributed by atoms with Crippen molar-refractivity contribution in [1.29, 1.82) is 0 Å². The molecule has 2 aromatic rings. The molecule has 2 heterocycles. The van der Waals surface area contributed by atoms with Gasteiger partial charge in [0.25, 0.3) is 0 Å². The van der Waals surface area contributed by atoms with E-state index < -0.39 is 0 Å².